The highest BCUT2D eigenvalue weighted by Gasteiger charge is 2.11. The fourth-order valence-corrected chi connectivity index (χ4v) is 3.56. The first kappa shape index (κ1) is 23.2. The maximum Gasteiger partial charge on any atom is 0.331 e. The largest absolute Gasteiger partial charge is 0.491 e. The molecular formula is C25H23NO5S. The van der Waals surface area contributed by atoms with Crippen molar-refractivity contribution in [3.63, 3.8) is 0 Å². The van der Waals surface area contributed by atoms with Crippen molar-refractivity contribution in [2.24, 2.45) is 5.16 Å². The first-order valence-electron chi connectivity index (χ1n) is 9.93. The van der Waals surface area contributed by atoms with Crippen LogP contribution in [0.15, 0.2) is 93.8 Å². The van der Waals surface area contributed by atoms with Gasteiger partial charge in [0.2, 0.25) is 5.78 Å². The first-order valence-corrected chi connectivity index (χ1v) is 10.7. The summed E-state index contributed by atoms with van der Waals surface area (Å²) >= 11 is 1.54. The molecule has 164 valence electrons. The third-order valence-corrected chi connectivity index (χ3v) is 5.42. The van der Waals surface area contributed by atoms with Crippen LogP contribution in [0, 0.1) is 0 Å². The number of aliphatic hydroxyl groups is 1. The summed E-state index contributed by atoms with van der Waals surface area (Å²) in [6.45, 7) is 2.89. The van der Waals surface area contributed by atoms with Crippen LogP contribution in [0.3, 0.4) is 0 Å². The molecule has 6 nitrogen and oxygen atoms in total. The van der Waals surface area contributed by atoms with Gasteiger partial charge in [-0.3, -0.25) is 4.79 Å². The van der Waals surface area contributed by atoms with Crippen LogP contribution in [0.5, 0.6) is 5.75 Å². The van der Waals surface area contributed by atoms with Crippen molar-refractivity contribution >= 4 is 29.2 Å². The van der Waals surface area contributed by atoms with Gasteiger partial charge in [0.1, 0.15) is 24.2 Å². The third-order valence-electron chi connectivity index (χ3n) is 4.41. The molecule has 0 fully saturated rings. The zero-order valence-electron chi connectivity index (χ0n) is 17.7. The van der Waals surface area contributed by atoms with Gasteiger partial charge in [-0.1, -0.05) is 47.2 Å². The van der Waals surface area contributed by atoms with Crippen LogP contribution >= 0.6 is 11.8 Å². The van der Waals surface area contributed by atoms with Crippen LogP contribution < -0.4 is 4.74 Å². The predicted octanol–water partition coefficient (Wildman–Crippen LogP) is 5.07. The molecule has 0 aliphatic carbocycles. The van der Waals surface area contributed by atoms with Gasteiger partial charge < -0.3 is 14.7 Å². The maximum atomic E-state index is 12.3. The van der Waals surface area contributed by atoms with Crippen molar-refractivity contribution in [2.45, 2.75) is 29.7 Å². The molecule has 0 saturated heterocycles. The Kier molecular flexibility index (Phi) is 8.19. The summed E-state index contributed by atoms with van der Waals surface area (Å²) in [6.07, 6.45) is -0.686. The Bertz CT molecular complexity index is 1080. The third kappa shape index (κ3) is 6.80. The molecule has 1 atom stereocenters. The van der Waals surface area contributed by atoms with Crippen LogP contribution in [-0.4, -0.2) is 29.2 Å². The molecule has 1 unspecified atom stereocenters. The molecule has 3 aromatic rings. The van der Waals surface area contributed by atoms with Crippen molar-refractivity contribution in [3.05, 3.63) is 90.0 Å². The number of ketones is 1. The Morgan fingerprint density at radius 3 is 2.09 bits per heavy atom. The molecule has 0 bridgehead atoms. The molecule has 0 spiro atoms. The zero-order valence-corrected chi connectivity index (χ0v) is 18.5. The van der Waals surface area contributed by atoms with E-state index in [0.29, 0.717) is 11.3 Å². The lowest BCUT2D eigenvalue weighted by atomic mass is 10.1. The molecule has 0 aromatic heterocycles. The van der Waals surface area contributed by atoms with Crippen LogP contribution in [0.25, 0.3) is 0 Å². The second-order valence-electron chi connectivity index (χ2n) is 6.92. The van der Waals surface area contributed by atoms with E-state index in [2.05, 4.69) is 9.99 Å². The lowest BCUT2D eigenvalue weighted by Gasteiger charge is -2.13. The molecule has 0 aliphatic heterocycles. The fraction of sp³-hybridized carbons (Fsp3) is 0.160. The lowest BCUT2D eigenvalue weighted by Crippen LogP contribution is -2.11. The number of rotatable bonds is 9. The maximum absolute atomic E-state index is 12.3. The Labute approximate surface area is 190 Å². The highest BCUT2D eigenvalue weighted by atomic mass is 32.2. The number of nitrogens with zero attached hydrogens (tertiary/aromatic N) is 1. The molecule has 0 heterocycles. The van der Waals surface area contributed by atoms with Crippen molar-refractivity contribution < 1.29 is 24.3 Å². The topological polar surface area (TPSA) is 85.2 Å². The van der Waals surface area contributed by atoms with Gasteiger partial charge in [0.15, 0.2) is 0 Å². The van der Waals surface area contributed by atoms with E-state index >= 15 is 0 Å². The average Bonchev–Trinajstić information content (AvgIpc) is 2.82. The van der Waals surface area contributed by atoms with E-state index in [1.165, 1.54) is 13.8 Å². The van der Waals surface area contributed by atoms with Crippen LogP contribution in [0.1, 0.15) is 35.9 Å². The van der Waals surface area contributed by atoms with Gasteiger partial charge in [-0.2, -0.15) is 0 Å². The van der Waals surface area contributed by atoms with E-state index in [9.17, 15) is 14.7 Å². The quantitative estimate of drug-likeness (QED) is 0.212. The van der Waals surface area contributed by atoms with E-state index < -0.39 is 12.1 Å². The van der Waals surface area contributed by atoms with Gasteiger partial charge in [0.25, 0.3) is 0 Å². The van der Waals surface area contributed by atoms with Gasteiger partial charge in [0, 0.05) is 22.3 Å². The second kappa shape index (κ2) is 11.3. The number of carbonyl (C=O) groups is 2. The number of hydrogen-bond donors (Lipinski definition) is 1. The molecule has 3 aromatic carbocycles. The molecule has 0 aliphatic rings. The van der Waals surface area contributed by atoms with Crippen molar-refractivity contribution in [1.29, 1.82) is 0 Å². The molecule has 32 heavy (non-hydrogen) atoms. The molecule has 3 rings (SSSR count). The molecule has 7 heteroatoms. The van der Waals surface area contributed by atoms with Gasteiger partial charge in [-0.15, -0.1) is 0 Å². The monoisotopic (exact) mass is 449 g/mol. The second-order valence-corrected chi connectivity index (χ2v) is 8.07. The number of ether oxygens (including phenoxy) is 1. The Morgan fingerprint density at radius 2 is 1.50 bits per heavy atom. The van der Waals surface area contributed by atoms with Crippen LogP contribution in [0.2, 0.25) is 0 Å². The molecule has 0 amide bonds. The SMILES string of the molecule is CC(=O)O/N=C(\C)C(=O)c1ccc(Sc2ccc(OCC(O)c3ccccc3)cc2)cc1. The van der Waals surface area contributed by atoms with Gasteiger partial charge >= 0.3 is 5.97 Å². The number of aliphatic hydroxyl groups excluding tert-OH is 1. The van der Waals surface area contributed by atoms with Crippen molar-refractivity contribution in [2.75, 3.05) is 6.61 Å². The highest BCUT2D eigenvalue weighted by molar-refractivity contribution is 7.99. The number of hydrogen-bond acceptors (Lipinski definition) is 7. The molecule has 0 saturated carbocycles. The lowest BCUT2D eigenvalue weighted by molar-refractivity contribution is -0.140. The summed E-state index contributed by atoms with van der Waals surface area (Å²) in [4.78, 5) is 29.6. The highest BCUT2D eigenvalue weighted by Crippen LogP contribution is 2.29. The van der Waals surface area contributed by atoms with E-state index in [-0.39, 0.29) is 18.1 Å². The molecule has 0 radical (unpaired) electrons. The molecule has 1 N–H and O–H groups in total. The van der Waals surface area contributed by atoms with E-state index in [4.69, 9.17) is 4.74 Å². The standard InChI is InChI=1S/C25H23NO5S/c1-17(26-31-18(2)27)25(29)20-8-12-22(13-9-20)32-23-14-10-21(11-15-23)30-16-24(28)19-6-4-3-5-7-19/h3-15,24,28H,16H2,1-2H3/b26-17+. The van der Waals surface area contributed by atoms with Gasteiger partial charge in [-0.05, 0) is 61.0 Å². The van der Waals surface area contributed by atoms with Crippen LogP contribution in [0.4, 0.5) is 0 Å². The Morgan fingerprint density at radius 1 is 0.906 bits per heavy atom. The zero-order chi connectivity index (χ0) is 22.9. The van der Waals surface area contributed by atoms with Crippen molar-refractivity contribution in [3.8, 4) is 5.75 Å². The summed E-state index contributed by atoms with van der Waals surface area (Å²) in [5.74, 6) is -0.206. The van der Waals surface area contributed by atoms with Crippen molar-refractivity contribution in [1.82, 2.24) is 0 Å². The number of benzene rings is 3. The Hall–Kier alpha value is -3.42. The van der Waals surface area contributed by atoms with Gasteiger partial charge in [-0.25, -0.2) is 4.79 Å². The van der Waals surface area contributed by atoms with E-state index in [1.807, 2.05) is 66.7 Å². The van der Waals surface area contributed by atoms with Gasteiger partial charge in [0.05, 0.1) is 0 Å². The summed E-state index contributed by atoms with van der Waals surface area (Å²) in [5.41, 5.74) is 1.38. The summed E-state index contributed by atoms with van der Waals surface area (Å²) in [6, 6.07) is 24.1. The smallest absolute Gasteiger partial charge is 0.331 e. The predicted molar refractivity (Wildman–Crippen MR) is 123 cm³/mol. The normalized spacial score (nSPS) is 12.2. The first-order chi connectivity index (χ1) is 15.4. The number of carbonyl (C=O) groups excluding carboxylic acids is 2. The fourth-order valence-electron chi connectivity index (χ4n) is 2.74. The number of oxime groups is 1. The van der Waals surface area contributed by atoms with E-state index in [0.717, 1.165) is 15.4 Å². The average molecular weight is 450 g/mol. The van der Waals surface area contributed by atoms with Crippen LogP contribution in [-0.2, 0) is 9.63 Å². The summed E-state index contributed by atoms with van der Waals surface area (Å²) in [5, 5.41) is 13.7. The number of Topliss-reactive ketones (excluding diaryl/α,β-unsaturated/α-hetero) is 1. The molecular weight excluding hydrogens is 426 g/mol. The minimum atomic E-state index is -0.686. The Balaban J connectivity index is 1.54. The minimum Gasteiger partial charge on any atom is -0.491 e. The summed E-state index contributed by atoms with van der Waals surface area (Å²) in [7, 11) is 0. The minimum absolute atomic E-state index is 0.105. The summed E-state index contributed by atoms with van der Waals surface area (Å²) < 4.78 is 5.69. The van der Waals surface area contributed by atoms with E-state index in [1.54, 1.807) is 23.9 Å².